The van der Waals surface area contributed by atoms with Crippen molar-refractivity contribution in [3.63, 3.8) is 0 Å². The van der Waals surface area contributed by atoms with Crippen LogP contribution in [0.4, 0.5) is 0 Å². The van der Waals surface area contributed by atoms with Gasteiger partial charge in [0.1, 0.15) is 11.5 Å². The lowest BCUT2D eigenvalue weighted by Crippen LogP contribution is -2.45. The summed E-state index contributed by atoms with van der Waals surface area (Å²) in [5.74, 6) is 0.702. The molecule has 2 aromatic heterocycles. The summed E-state index contributed by atoms with van der Waals surface area (Å²) < 4.78 is 5.23. The van der Waals surface area contributed by atoms with Crippen molar-refractivity contribution in [3.8, 4) is 0 Å². The number of carbonyl (C=O) groups excluding carboxylic acids is 1. The van der Waals surface area contributed by atoms with Crippen LogP contribution in [0.3, 0.4) is 0 Å². The highest BCUT2D eigenvalue weighted by Gasteiger charge is 2.42. The summed E-state index contributed by atoms with van der Waals surface area (Å²) in [5, 5.41) is 8.92. The Morgan fingerprint density at radius 3 is 3.10 bits per heavy atom. The Morgan fingerprint density at radius 1 is 1.48 bits per heavy atom. The fourth-order valence-electron chi connectivity index (χ4n) is 2.18. The molecule has 1 atom stereocenters. The van der Waals surface area contributed by atoms with Crippen LogP contribution in [0.5, 0.6) is 0 Å². The number of rotatable bonds is 5. The summed E-state index contributed by atoms with van der Waals surface area (Å²) in [6, 6.07) is 7.66. The standard InChI is InChI=1S/C15H16N2O3S/c1-15(10-12(17-20-15)13-5-3-9-21-13)14(18)16-7-6-11-4-2-8-19-11/h2-5,8-9H,6-7,10H2,1H3,(H,16,18)/t15-/m0/s1. The van der Waals surface area contributed by atoms with E-state index >= 15 is 0 Å². The second-order valence-electron chi connectivity index (χ2n) is 5.10. The number of amides is 1. The van der Waals surface area contributed by atoms with Gasteiger partial charge in [-0.1, -0.05) is 11.2 Å². The van der Waals surface area contributed by atoms with E-state index in [2.05, 4.69) is 10.5 Å². The number of nitrogens with one attached hydrogen (secondary N) is 1. The maximum atomic E-state index is 12.3. The zero-order valence-corrected chi connectivity index (χ0v) is 12.5. The van der Waals surface area contributed by atoms with Crippen LogP contribution in [-0.2, 0) is 16.1 Å². The van der Waals surface area contributed by atoms with Gasteiger partial charge in [-0.25, -0.2) is 0 Å². The van der Waals surface area contributed by atoms with Crippen molar-refractivity contribution in [2.24, 2.45) is 5.16 Å². The summed E-state index contributed by atoms with van der Waals surface area (Å²) in [5.41, 5.74) is -0.101. The Labute approximate surface area is 126 Å². The van der Waals surface area contributed by atoms with Crippen molar-refractivity contribution in [3.05, 3.63) is 46.5 Å². The van der Waals surface area contributed by atoms with E-state index in [4.69, 9.17) is 9.25 Å². The summed E-state index contributed by atoms with van der Waals surface area (Å²) in [6.07, 6.45) is 2.77. The van der Waals surface area contributed by atoms with Gasteiger partial charge in [-0.3, -0.25) is 4.79 Å². The molecule has 0 aliphatic carbocycles. The van der Waals surface area contributed by atoms with Crippen LogP contribution in [-0.4, -0.2) is 23.8 Å². The predicted molar refractivity (Wildman–Crippen MR) is 80.4 cm³/mol. The molecule has 0 spiro atoms. The molecule has 21 heavy (non-hydrogen) atoms. The van der Waals surface area contributed by atoms with E-state index in [-0.39, 0.29) is 5.91 Å². The third kappa shape index (κ3) is 3.00. The Kier molecular flexibility index (Phi) is 3.79. The summed E-state index contributed by atoms with van der Waals surface area (Å²) >= 11 is 1.59. The molecule has 110 valence electrons. The van der Waals surface area contributed by atoms with E-state index in [0.29, 0.717) is 19.4 Å². The number of nitrogens with zero attached hydrogens (tertiary/aromatic N) is 1. The number of oxime groups is 1. The Bertz CT molecular complexity index is 634. The molecule has 1 amide bonds. The normalized spacial score (nSPS) is 20.9. The first-order valence-corrected chi connectivity index (χ1v) is 7.65. The first-order valence-electron chi connectivity index (χ1n) is 6.77. The van der Waals surface area contributed by atoms with Crippen molar-refractivity contribution >= 4 is 23.0 Å². The highest BCUT2D eigenvalue weighted by Crippen LogP contribution is 2.28. The lowest BCUT2D eigenvalue weighted by atomic mass is 9.98. The van der Waals surface area contributed by atoms with Crippen LogP contribution in [0.1, 0.15) is 24.0 Å². The van der Waals surface area contributed by atoms with Gasteiger partial charge in [-0.15, -0.1) is 11.3 Å². The summed E-state index contributed by atoms with van der Waals surface area (Å²) in [7, 11) is 0. The molecule has 0 aromatic carbocycles. The molecule has 0 unspecified atom stereocenters. The SMILES string of the molecule is C[C@@]1(C(=O)NCCc2ccco2)CC(c2cccs2)=NO1. The van der Waals surface area contributed by atoms with Crippen molar-refractivity contribution in [1.82, 2.24) is 5.32 Å². The number of thiophene rings is 1. The highest BCUT2D eigenvalue weighted by molar-refractivity contribution is 7.12. The predicted octanol–water partition coefficient (Wildman–Crippen LogP) is 2.58. The van der Waals surface area contributed by atoms with Gasteiger partial charge in [0.05, 0.1) is 11.1 Å². The molecule has 3 heterocycles. The molecular formula is C15H16N2O3S. The number of hydrogen-bond acceptors (Lipinski definition) is 5. The van der Waals surface area contributed by atoms with E-state index in [0.717, 1.165) is 16.3 Å². The van der Waals surface area contributed by atoms with Gasteiger partial charge in [0.25, 0.3) is 5.91 Å². The van der Waals surface area contributed by atoms with Gasteiger partial charge in [-0.05, 0) is 30.5 Å². The third-order valence-corrected chi connectivity index (χ3v) is 4.30. The summed E-state index contributed by atoms with van der Waals surface area (Å²) in [4.78, 5) is 18.7. The lowest BCUT2D eigenvalue weighted by molar-refractivity contribution is -0.141. The monoisotopic (exact) mass is 304 g/mol. The molecule has 6 heteroatoms. The molecular weight excluding hydrogens is 288 g/mol. The van der Waals surface area contributed by atoms with E-state index in [1.165, 1.54) is 0 Å². The molecule has 0 saturated heterocycles. The zero-order valence-electron chi connectivity index (χ0n) is 11.7. The minimum Gasteiger partial charge on any atom is -0.469 e. The smallest absolute Gasteiger partial charge is 0.267 e. The van der Waals surface area contributed by atoms with Gasteiger partial charge in [0.2, 0.25) is 5.60 Å². The molecule has 2 aromatic rings. The second-order valence-corrected chi connectivity index (χ2v) is 6.05. The topological polar surface area (TPSA) is 63.8 Å². The van der Waals surface area contributed by atoms with E-state index in [1.807, 2.05) is 29.6 Å². The average Bonchev–Trinajstić information content (AvgIpc) is 3.20. The maximum absolute atomic E-state index is 12.3. The van der Waals surface area contributed by atoms with Gasteiger partial charge in [0.15, 0.2) is 0 Å². The van der Waals surface area contributed by atoms with Crippen LogP contribution < -0.4 is 5.32 Å². The van der Waals surface area contributed by atoms with Crippen LogP contribution in [0.15, 0.2) is 45.5 Å². The minimum atomic E-state index is -0.928. The first kappa shape index (κ1) is 13.9. The maximum Gasteiger partial charge on any atom is 0.267 e. The van der Waals surface area contributed by atoms with Crippen LogP contribution in [0.2, 0.25) is 0 Å². The molecule has 1 aliphatic heterocycles. The average molecular weight is 304 g/mol. The van der Waals surface area contributed by atoms with Crippen molar-refractivity contribution in [2.45, 2.75) is 25.4 Å². The lowest BCUT2D eigenvalue weighted by Gasteiger charge is -2.20. The van der Waals surface area contributed by atoms with Crippen LogP contribution in [0, 0.1) is 0 Å². The molecule has 1 N–H and O–H groups in total. The third-order valence-electron chi connectivity index (χ3n) is 3.39. The second kappa shape index (κ2) is 5.73. The molecule has 0 fully saturated rings. The Hall–Kier alpha value is -2.08. The molecule has 3 rings (SSSR count). The molecule has 0 saturated carbocycles. The highest BCUT2D eigenvalue weighted by atomic mass is 32.1. The van der Waals surface area contributed by atoms with Crippen molar-refractivity contribution in [1.29, 1.82) is 0 Å². The van der Waals surface area contributed by atoms with E-state index in [9.17, 15) is 4.79 Å². The van der Waals surface area contributed by atoms with Gasteiger partial charge >= 0.3 is 0 Å². The van der Waals surface area contributed by atoms with Crippen LogP contribution >= 0.6 is 11.3 Å². The van der Waals surface area contributed by atoms with Gasteiger partial charge < -0.3 is 14.6 Å². The zero-order chi connectivity index (χ0) is 14.7. The molecule has 0 radical (unpaired) electrons. The van der Waals surface area contributed by atoms with Gasteiger partial charge in [0, 0.05) is 19.4 Å². The minimum absolute atomic E-state index is 0.149. The summed E-state index contributed by atoms with van der Waals surface area (Å²) in [6.45, 7) is 2.28. The van der Waals surface area contributed by atoms with Crippen molar-refractivity contribution < 1.29 is 14.0 Å². The van der Waals surface area contributed by atoms with E-state index < -0.39 is 5.60 Å². The molecule has 5 nitrogen and oxygen atoms in total. The Morgan fingerprint density at radius 2 is 2.38 bits per heavy atom. The molecule has 0 bridgehead atoms. The van der Waals surface area contributed by atoms with Gasteiger partial charge in [-0.2, -0.15) is 0 Å². The fourth-order valence-corrected chi connectivity index (χ4v) is 2.88. The number of furan rings is 1. The largest absolute Gasteiger partial charge is 0.469 e. The quantitative estimate of drug-likeness (QED) is 0.923. The number of hydrogen-bond donors (Lipinski definition) is 1. The Balaban J connectivity index is 1.53. The van der Waals surface area contributed by atoms with Crippen LogP contribution in [0.25, 0.3) is 0 Å². The fraction of sp³-hybridized carbons (Fsp3) is 0.333. The van der Waals surface area contributed by atoms with Crippen molar-refractivity contribution in [2.75, 3.05) is 6.54 Å². The number of carbonyl (C=O) groups is 1. The van der Waals surface area contributed by atoms with E-state index in [1.54, 1.807) is 24.5 Å². The molecule has 1 aliphatic rings. The first-order chi connectivity index (χ1) is 10.2.